The van der Waals surface area contributed by atoms with Crippen molar-refractivity contribution in [2.45, 2.75) is 0 Å². The fourth-order valence-electron chi connectivity index (χ4n) is 1.29. The minimum absolute atomic E-state index is 0.268. The summed E-state index contributed by atoms with van der Waals surface area (Å²) < 4.78 is 31.8. The van der Waals surface area contributed by atoms with Crippen molar-refractivity contribution in [3.05, 3.63) is 50.6 Å². The number of benzene rings is 1. The number of ketones is 1. The monoisotopic (exact) mass is 332 g/mol. The van der Waals surface area contributed by atoms with E-state index in [9.17, 15) is 13.6 Å². The number of thiophene rings is 1. The van der Waals surface area contributed by atoms with Crippen LogP contribution in [0.15, 0.2) is 34.1 Å². The maximum atomic E-state index is 13.2. The largest absolute Gasteiger partial charge is 0.482 e. The van der Waals surface area contributed by atoms with Crippen molar-refractivity contribution >= 4 is 33.0 Å². The van der Waals surface area contributed by atoms with Crippen LogP contribution >= 0.6 is 27.3 Å². The van der Waals surface area contributed by atoms with E-state index in [4.69, 9.17) is 4.74 Å². The summed E-state index contributed by atoms with van der Waals surface area (Å²) in [5, 5.41) is 1.75. The van der Waals surface area contributed by atoms with Gasteiger partial charge in [-0.1, -0.05) is 0 Å². The highest BCUT2D eigenvalue weighted by Gasteiger charge is 2.13. The molecular formula is C12H7BrF2O2S. The third-order valence-electron chi connectivity index (χ3n) is 2.12. The number of Topliss-reactive ketones (excluding diaryl/α,β-unsaturated/α-hetero) is 1. The molecule has 94 valence electrons. The lowest BCUT2D eigenvalue weighted by atomic mass is 10.3. The molecule has 0 atom stereocenters. The molecule has 1 aromatic carbocycles. The minimum atomic E-state index is -0.700. The van der Waals surface area contributed by atoms with E-state index in [1.54, 1.807) is 11.4 Å². The molecule has 0 N–H and O–H groups in total. The number of hydrogen-bond donors (Lipinski definition) is 0. The molecule has 0 aliphatic heterocycles. The average molecular weight is 333 g/mol. The van der Waals surface area contributed by atoms with Gasteiger partial charge in [-0.3, -0.25) is 4.79 Å². The molecule has 2 nitrogen and oxygen atoms in total. The number of carbonyl (C=O) groups is 1. The predicted octanol–water partition coefficient (Wildman–Crippen LogP) is 4.05. The highest BCUT2D eigenvalue weighted by atomic mass is 79.9. The van der Waals surface area contributed by atoms with E-state index in [-0.39, 0.29) is 18.1 Å². The van der Waals surface area contributed by atoms with Crippen LogP contribution in [-0.4, -0.2) is 12.4 Å². The maximum Gasteiger partial charge on any atom is 0.211 e. The Bertz CT molecular complexity index is 583. The van der Waals surface area contributed by atoms with Crippen molar-refractivity contribution in [3.8, 4) is 5.75 Å². The van der Waals surface area contributed by atoms with Crippen LogP contribution in [0.2, 0.25) is 0 Å². The maximum absolute atomic E-state index is 13.2. The quantitative estimate of drug-likeness (QED) is 0.789. The molecule has 1 aromatic heterocycles. The number of carbonyl (C=O) groups excluding carboxylic acids is 1. The molecule has 0 amide bonds. The molecule has 2 rings (SSSR count). The Morgan fingerprint density at radius 2 is 2.11 bits per heavy atom. The summed E-state index contributed by atoms with van der Waals surface area (Å²) in [5.74, 6) is -1.87. The molecule has 0 spiro atoms. The molecule has 0 fully saturated rings. The highest BCUT2D eigenvalue weighted by molar-refractivity contribution is 9.10. The summed E-state index contributed by atoms with van der Waals surface area (Å²) in [5.41, 5.74) is 0. The zero-order valence-electron chi connectivity index (χ0n) is 8.95. The Labute approximate surface area is 114 Å². The number of hydrogen-bond acceptors (Lipinski definition) is 3. The van der Waals surface area contributed by atoms with Crippen LogP contribution in [0.4, 0.5) is 8.78 Å². The Hall–Kier alpha value is -1.27. The first-order chi connectivity index (χ1) is 8.58. The summed E-state index contributed by atoms with van der Waals surface area (Å²) in [6, 6.07) is 4.59. The zero-order valence-corrected chi connectivity index (χ0v) is 11.4. The molecule has 18 heavy (non-hydrogen) atoms. The molecule has 0 radical (unpaired) electrons. The molecule has 1 heterocycles. The van der Waals surface area contributed by atoms with Crippen LogP contribution < -0.4 is 4.74 Å². The van der Waals surface area contributed by atoms with Gasteiger partial charge >= 0.3 is 0 Å². The van der Waals surface area contributed by atoms with Gasteiger partial charge in [-0.05, 0) is 39.5 Å². The van der Waals surface area contributed by atoms with Gasteiger partial charge in [0.25, 0.3) is 0 Å². The normalized spacial score (nSPS) is 10.4. The van der Waals surface area contributed by atoms with Gasteiger partial charge in [0.1, 0.15) is 5.82 Å². The lowest BCUT2D eigenvalue weighted by Gasteiger charge is -2.06. The topological polar surface area (TPSA) is 26.3 Å². The SMILES string of the molecule is O=C(COc1cc(F)ccc1F)c1sccc1Br. The molecule has 0 bridgehead atoms. The smallest absolute Gasteiger partial charge is 0.211 e. The highest BCUT2D eigenvalue weighted by Crippen LogP contribution is 2.24. The van der Waals surface area contributed by atoms with Crippen LogP contribution in [0.25, 0.3) is 0 Å². The van der Waals surface area contributed by atoms with Crippen LogP contribution in [0.1, 0.15) is 9.67 Å². The second-order valence-corrected chi connectivity index (χ2v) is 5.15. The van der Waals surface area contributed by atoms with Gasteiger partial charge in [0.2, 0.25) is 5.78 Å². The summed E-state index contributed by atoms with van der Waals surface area (Å²) in [6.45, 7) is -0.334. The molecule has 0 saturated carbocycles. The number of halogens is 3. The van der Waals surface area contributed by atoms with Crippen molar-refractivity contribution in [3.63, 3.8) is 0 Å². The van der Waals surface area contributed by atoms with Crippen LogP contribution in [0.3, 0.4) is 0 Å². The van der Waals surface area contributed by atoms with E-state index in [0.717, 1.165) is 18.2 Å². The summed E-state index contributed by atoms with van der Waals surface area (Å²) in [4.78, 5) is 12.2. The fourth-order valence-corrected chi connectivity index (χ4v) is 2.81. The summed E-state index contributed by atoms with van der Waals surface area (Å²) in [6.07, 6.45) is 0. The second-order valence-electron chi connectivity index (χ2n) is 3.38. The second kappa shape index (κ2) is 5.58. The van der Waals surface area contributed by atoms with Crippen molar-refractivity contribution in [1.29, 1.82) is 0 Å². The van der Waals surface area contributed by atoms with Gasteiger partial charge in [0.05, 0.1) is 4.88 Å². The van der Waals surface area contributed by atoms with Crippen LogP contribution in [-0.2, 0) is 0 Å². The Morgan fingerprint density at radius 3 is 2.78 bits per heavy atom. The summed E-state index contributed by atoms with van der Waals surface area (Å²) >= 11 is 4.48. The third kappa shape index (κ3) is 2.94. The first-order valence-corrected chi connectivity index (χ1v) is 6.59. The molecule has 0 saturated heterocycles. The Balaban J connectivity index is 2.06. The van der Waals surface area contributed by atoms with E-state index in [2.05, 4.69) is 15.9 Å². The van der Waals surface area contributed by atoms with Gasteiger partial charge in [0.15, 0.2) is 18.2 Å². The lowest BCUT2D eigenvalue weighted by Crippen LogP contribution is -2.11. The molecule has 2 aromatic rings. The minimum Gasteiger partial charge on any atom is -0.482 e. The predicted molar refractivity (Wildman–Crippen MR) is 68.2 cm³/mol. The van der Waals surface area contributed by atoms with Gasteiger partial charge in [-0.25, -0.2) is 8.78 Å². The van der Waals surface area contributed by atoms with Gasteiger partial charge < -0.3 is 4.74 Å². The van der Waals surface area contributed by atoms with Crippen molar-refractivity contribution < 1.29 is 18.3 Å². The fraction of sp³-hybridized carbons (Fsp3) is 0.0833. The van der Waals surface area contributed by atoms with Gasteiger partial charge in [-0.2, -0.15) is 0 Å². The molecule has 6 heteroatoms. The number of ether oxygens (including phenoxy) is 1. The molecule has 0 aliphatic carbocycles. The van der Waals surface area contributed by atoms with Crippen molar-refractivity contribution in [2.24, 2.45) is 0 Å². The van der Waals surface area contributed by atoms with Gasteiger partial charge in [0, 0.05) is 10.5 Å². The number of rotatable bonds is 4. The van der Waals surface area contributed by atoms with E-state index in [1.165, 1.54) is 11.3 Å². The molecule has 0 aliphatic rings. The first kappa shape index (κ1) is 13.2. The Morgan fingerprint density at radius 1 is 1.33 bits per heavy atom. The van der Waals surface area contributed by atoms with Crippen molar-refractivity contribution in [2.75, 3.05) is 6.61 Å². The average Bonchev–Trinajstić information content (AvgIpc) is 2.76. The Kier molecular flexibility index (Phi) is 4.08. The van der Waals surface area contributed by atoms with E-state index < -0.39 is 11.6 Å². The van der Waals surface area contributed by atoms with Gasteiger partial charge in [-0.15, -0.1) is 11.3 Å². The standard InChI is InChI=1S/C12H7BrF2O2S/c13-8-3-4-18-12(8)10(16)6-17-11-5-7(14)1-2-9(11)15/h1-5H,6H2. The van der Waals surface area contributed by atoms with E-state index in [0.29, 0.717) is 9.35 Å². The lowest BCUT2D eigenvalue weighted by molar-refractivity contribution is 0.0922. The summed E-state index contributed by atoms with van der Waals surface area (Å²) in [7, 11) is 0. The van der Waals surface area contributed by atoms with E-state index in [1.807, 2.05) is 0 Å². The molecular weight excluding hydrogens is 326 g/mol. The third-order valence-corrected chi connectivity index (χ3v) is 4.00. The first-order valence-electron chi connectivity index (χ1n) is 4.92. The van der Waals surface area contributed by atoms with Crippen molar-refractivity contribution in [1.82, 2.24) is 0 Å². The zero-order chi connectivity index (χ0) is 13.1. The van der Waals surface area contributed by atoms with E-state index >= 15 is 0 Å². The van der Waals surface area contributed by atoms with Crippen LogP contribution in [0, 0.1) is 11.6 Å². The van der Waals surface area contributed by atoms with Crippen LogP contribution in [0.5, 0.6) is 5.75 Å². The molecule has 0 unspecified atom stereocenters.